The first-order chi connectivity index (χ1) is 12.3. The van der Waals surface area contributed by atoms with Gasteiger partial charge in [-0.15, -0.1) is 0 Å². The lowest BCUT2D eigenvalue weighted by atomic mass is 9.71. The number of methoxy groups -OCH3 is 1. The van der Waals surface area contributed by atoms with Crippen LogP contribution in [0.15, 0.2) is 12.1 Å². The van der Waals surface area contributed by atoms with Crippen LogP contribution in [0.1, 0.15) is 50.1 Å². The van der Waals surface area contributed by atoms with Gasteiger partial charge in [-0.3, -0.25) is 9.59 Å². The number of benzene rings is 1. The highest BCUT2D eigenvalue weighted by Crippen LogP contribution is 2.39. The first-order valence-electron chi connectivity index (χ1n) is 8.56. The Kier molecular flexibility index (Phi) is 6.52. The molecule has 26 heavy (non-hydrogen) atoms. The minimum atomic E-state index is -1.54. The molecule has 0 aromatic heterocycles. The maximum absolute atomic E-state index is 14.1. The smallest absolute Gasteiger partial charge is 0.303 e. The van der Waals surface area contributed by atoms with Gasteiger partial charge < -0.3 is 20.9 Å². The van der Waals surface area contributed by atoms with Gasteiger partial charge in [0.15, 0.2) is 0 Å². The van der Waals surface area contributed by atoms with E-state index in [1.807, 2.05) is 0 Å². The third-order valence-electron chi connectivity index (χ3n) is 4.96. The Morgan fingerprint density at radius 3 is 2.35 bits per heavy atom. The molecule has 0 spiro atoms. The maximum Gasteiger partial charge on any atom is 0.303 e. The number of hydrogen-bond acceptors (Lipinski definition) is 4. The predicted octanol–water partition coefficient (Wildman–Crippen LogP) is 2.51. The first-order valence-corrected chi connectivity index (χ1v) is 8.56. The standard InChI is InChI=1S/C18H24F2N2O4/c1-26-11-7-12(19)15(13(20)8-11)16(21)17(25)22-10-18(9-14(23)24)5-3-2-4-6-18/h7-8,16H,2-6,9-10,21H2,1H3,(H,22,25)(H,23,24). The van der Waals surface area contributed by atoms with Crippen LogP contribution in [-0.4, -0.2) is 30.6 Å². The molecule has 2 rings (SSSR count). The molecule has 0 radical (unpaired) electrons. The van der Waals surface area contributed by atoms with E-state index in [2.05, 4.69) is 5.32 Å². The number of ether oxygens (including phenoxy) is 1. The molecule has 0 bridgehead atoms. The Labute approximate surface area is 150 Å². The highest BCUT2D eigenvalue weighted by atomic mass is 19.1. The fourth-order valence-corrected chi connectivity index (χ4v) is 3.53. The number of rotatable bonds is 7. The summed E-state index contributed by atoms with van der Waals surface area (Å²) in [6.07, 6.45) is 4.10. The second-order valence-electron chi connectivity index (χ2n) is 6.83. The van der Waals surface area contributed by atoms with Crippen molar-refractivity contribution in [3.63, 3.8) is 0 Å². The Bertz CT molecular complexity index is 652. The van der Waals surface area contributed by atoms with Crippen molar-refractivity contribution in [3.05, 3.63) is 29.3 Å². The Hall–Kier alpha value is -2.22. The minimum absolute atomic E-state index is 0.0148. The Morgan fingerprint density at radius 2 is 1.85 bits per heavy atom. The number of amides is 1. The van der Waals surface area contributed by atoms with Crippen molar-refractivity contribution in [2.45, 2.75) is 44.6 Å². The molecule has 144 valence electrons. The van der Waals surface area contributed by atoms with E-state index in [0.717, 1.165) is 31.4 Å². The van der Waals surface area contributed by atoms with Crippen LogP contribution in [-0.2, 0) is 9.59 Å². The fourth-order valence-electron chi connectivity index (χ4n) is 3.53. The van der Waals surface area contributed by atoms with Gasteiger partial charge in [0.2, 0.25) is 5.91 Å². The van der Waals surface area contributed by atoms with Crippen LogP contribution in [0.25, 0.3) is 0 Å². The molecule has 8 heteroatoms. The average molecular weight is 370 g/mol. The minimum Gasteiger partial charge on any atom is -0.497 e. The van der Waals surface area contributed by atoms with Gasteiger partial charge in [-0.25, -0.2) is 8.78 Å². The van der Waals surface area contributed by atoms with Crippen molar-refractivity contribution in [1.29, 1.82) is 0 Å². The summed E-state index contributed by atoms with van der Waals surface area (Å²) in [5, 5.41) is 11.7. The van der Waals surface area contributed by atoms with E-state index >= 15 is 0 Å². The molecule has 6 nitrogen and oxygen atoms in total. The number of carbonyl (C=O) groups excluding carboxylic acids is 1. The SMILES string of the molecule is COc1cc(F)c(C(N)C(=O)NCC2(CC(=O)O)CCCCC2)c(F)c1. The largest absolute Gasteiger partial charge is 0.497 e. The summed E-state index contributed by atoms with van der Waals surface area (Å²) in [4.78, 5) is 23.5. The molecule has 1 aliphatic rings. The summed E-state index contributed by atoms with van der Waals surface area (Å²) in [6.45, 7) is 0.116. The number of hydrogen-bond donors (Lipinski definition) is 3. The van der Waals surface area contributed by atoms with Gasteiger partial charge >= 0.3 is 5.97 Å². The van der Waals surface area contributed by atoms with Gasteiger partial charge in [0.05, 0.1) is 19.1 Å². The molecule has 1 saturated carbocycles. The summed E-state index contributed by atoms with van der Waals surface area (Å²) < 4.78 is 33.0. The number of aliphatic carboxylic acids is 1. The zero-order valence-electron chi connectivity index (χ0n) is 14.7. The van der Waals surface area contributed by atoms with Crippen molar-refractivity contribution in [2.24, 2.45) is 11.1 Å². The highest BCUT2D eigenvalue weighted by molar-refractivity contribution is 5.83. The van der Waals surface area contributed by atoms with E-state index in [1.165, 1.54) is 7.11 Å². The van der Waals surface area contributed by atoms with Crippen LogP contribution in [0.4, 0.5) is 8.78 Å². The van der Waals surface area contributed by atoms with Crippen molar-refractivity contribution in [3.8, 4) is 5.75 Å². The number of carbonyl (C=O) groups is 2. The first kappa shape index (κ1) is 20.1. The van der Waals surface area contributed by atoms with E-state index in [0.29, 0.717) is 12.8 Å². The molecule has 1 aliphatic carbocycles. The second-order valence-corrected chi connectivity index (χ2v) is 6.83. The van der Waals surface area contributed by atoms with Gasteiger partial charge in [0.25, 0.3) is 0 Å². The van der Waals surface area contributed by atoms with E-state index < -0.39 is 40.5 Å². The normalized spacial score (nSPS) is 17.4. The van der Waals surface area contributed by atoms with Crippen LogP contribution in [0.5, 0.6) is 5.75 Å². The summed E-state index contributed by atoms with van der Waals surface area (Å²) in [7, 11) is 1.27. The molecule has 1 aromatic carbocycles. The molecular weight excluding hydrogens is 346 g/mol. The molecule has 1 unspecified atom stereocenters. The summed E-state index contributed by atoms with van der Waals surface area (Å²) in [6, 6.07) is 0.378. The third kappa shape index (κ3) is 4.69. The van der Waals surface area contributed by atoms with Crippen molar-refractivity contribution >= 4 is 11.9 Å². The van der Waals surface area contributed by atoms with Gasteiger partial charge in [0.1, 0.15) is 23.4 Å². The monoisotopic (exact) mass is 370 g/mol. The lowest BCUT2D eigenvalue weighted by molar-refractivity contribution is -0.140. The third-order valence-corrected chi connectivity index (χ3v) is 4.96. The average Bonchev–Trinajstić information content (AvgIpc) is 2.59. The van der Waals surface area contributed by atoms with E-state index in [4.69, 9.17) is 15.6 Å². The maximum atomic E-state index is 14.1. The molecule has 1 fully saturated rings. The van der Waals surface area contributed by atoms with Crippen molar-refractivity contribution in [1.82, 2.24) is 5.32 Å². The van der Waals surface area contributed by atoms with Crippen LogP contribution < -0.4 is 15.8 Å². The van der Waals surface area contributed by atoms with Gasteiger partial charge in [0, 0.05) is 18.7 Å². The number of halogens is 2. The molecule has 1 aromatic rings. The molecule has 0 aliphatic heterocycles. The van der Waals surface area contributed by atoms with E-state index in [1.54, 1.807) is 0 Å². The number of nitrogens with one attached hydrogen (secondary N) is 1. The number of carboxylic acids is 1. The Balaban J connectivity index is 2.10. The molecule has 1 amide bonds. The van der Waals surface area contributed by atoms with Crippen LogP contribution in [0.3, 0.4) is 0 Å². The summed E-state index contributed by atoms with van der Waals surface area (Å²) in [5.41, 5.74) is 4.65. The lowest BCUT2D eigenvalue weighted by Crippen LogP contribution is -2.43. The van der Waals surface area contributed by atoms with Crippen LogP contribution in [0, 0.1) is 17.0 Å². The fraction of sp³-hybridized carbons (Fsp3) is 0.556. The van der Waals surface area contributed by atoms with Crippen LogP contribution in [0.2, 0.25) is 0 Å². The molecule has 4 N–H and O–H groups in total. The zero-order chi connectivity index (χ0) is 19.3. The summed E-state index contributed by atoms with van der Waals surface area (Å²) >= 11 is 0. The molecule has 0 saturated heterocycles. The van der Waals surface area contributed by atoms with Gasteiger partial charge in [-0.1, -0.05) is 19.3 Å². The number of carboxylic acid groups (broad SMARTS) is 1. The number of nitrogens with two attached hydrogens (primary N) is 1. The summed E-state index contributed by atoms with van der Waals surface area (Å²) in [5.74, 6) is -3.63. The quantitative estimate of drug-likeness (QED) is 0.685. The van der Waals surface area contributed by atoms with E-state index in [-0.39, 0.29) is 18.7 Å². The Morgan fingerprint density at radius 1 is 1.27 bits per heavy atom. The molecule has 0 heterocycles. The molecule has 1 atom stereocenters. The molecular formula is C18H24F2N2O4. The lowest BCUT2D eigenvalue weighted by Gasteiger charge is -2.36. The topological polar surface area (TPSA) is 102 Å². The van der Waals surface area contributed by atoms with Crippen LogP contribution >= 0.6 is 0 Å². The second kappa shape index (κ2) is 8.44. The van der Waals surface area contributed by atoms with E-state index in [9.17, 15) is 18.4 Å². The van der Waals surface area contributed by atoms with Gasteiger partial charge in [-0.05, 0) is 18.3 Å². The van der Waals surface area contributed by atoms with Crippen molar-refractivity contribution < 1.29 is 28.2 Å². The zero-order valence-corrected chi connectivity index (χ0v) is 14.7. The van der Waals surface area contributed by atoms with Crippen molar-refractivity contribution in [2.75, 3.05) is 13.7 Å². The predicted molar refractivity (Wildman–Crippen MR) is 90.6 cm³/mol. The highest BCUT2D eigenvalue weighted by Gasteiger charge is 2.35. The van der Waals surface area contributed by atoms with Gasteiger partial charge in [-0.2, -0.15) is 0 Å².